The number of carbonyl (C=O) groups excluding carboxylic acids is 2. The number of unbranched alkanes of at least 4 members (excludes halogenated alkanes) is 30. The first kappa shape index (κ1) is 72.3. The molecular weight excluding hydrogens is 933 g/mol. The minimum Gasteiger partial charge on any atom is -0.462 e. The maximum Gasteiger partial charge on any atom is 0.306 e. The first-order valence-electron chi connectivity index (χ1n) is 32.1. The molecule has 0 aromatic heterocycles. The van der Waals surface area contributed by atoms with Crippen LogP contribution in [0.3, 0.4) is 0 Å². The molecule has 0 radical (unpaired) electrons. The molecule has 0 aliphatic rings. The lowest BCUT2D eigenvalue weighted by atomic mass is 10.0. The Morgan fingerprint density at radius 3 is 0.855 bits per heavy atom. The van der Waals surface area contributed by atoms with E-state index in [2.05, 4.69) is 135 Å². The van der Waals surface area contributed by atoms with Crippen molar-refractivity contribution in [3.8, 4) is 0 Å². The van der Waals surface area contributed by atoms with Crippen molar-refractivity contribution in [3.63, 3.8) is 0 Å². The molecule has 0 rings (SSSR count). The molecule has 0 aromatic carbocycles. The standard InChI is InChI=1S/C71H120O5/c1-3-5-7-9-11-13-15-17-19-21-23-25-27-29-31-32-33-34-35-36-37-38-40-42-44-46-48-50-52-54-56-58-60-62-64-66-71(74)76-69(67-72)68-75-70(73)65-63-61-59-57-55-53-51-49-47-45-43-41-39-30-28-26-24-22-20-18-16-14-12-10-8-6-4-2/h5,7,11,13,16-19,22-25,29,31,33-34,36-37,40,42,69,72H,3-4,6,8-10,12,14-15,20-21,26-28,30,32,35,38-39,41,43-68H2,1-2H3/b7-5-,13-11-,18-16-,19-17-,24-22-,25-23-,31-29-,34-33-,37-36-,42-40-. The van der Waals surface area contributed by atoms with E-state index in [1.165, 1.54) is 173 Å². The number of aliphatic hydroxyl groups excluding tert-OH is 1. The van der Waals surface area contributed by atoms with Crippen LogP contribution in [0.4, 0.5) is 0 Å². The highest BCUT2D eigenvalue weighted by atomic mass is 16.6. The first-order chi connectivity index (χ1) is 37.6. The average molecular weight is 1050 g/mol. The van der Waals surface area contributed by atoms with Crippen molar-refractivity contribution in [2.24, 2.45) is 0 Å². The van der Waals surface area contributed by atoms with E-state index in [1.54, 1.807) is 0 Å². The fourth-order valence-electron chi connectivity index (χ4n) is 8.96. The van der Waals surface area contributed by atoms with Gasteiger partial charge in [0.2, 0.25) is 0 Å². The summed E-state index contributed by atoms with van der Waals surface area (Å²) in [5.41, 5.74) is 0. The summed E-state index contributed by atoms with van der Waals surface area (Å²) in [6.45, 7) is 4.03. The van der Waals surface area contributed by atoms with Gasteiger partial charge in [-0.25, -0.2) is 0 Å². The van der Waals surface area contributed by atoms with Gasteiger partial charge in [0.1, 0.15) is 6.61 Å². The molecule has 0 heterocycles. The van der Waals surface area contributed by atoms with E-state index >= 15 is 0 Å². The zero-order chi connectivity index (χ0) is 54.8. The lowest BCUT2D eigenvalue weighted by Gasteiger charge is -2.15. The highest BCUT2D eigenvalue weighted by Gasteiger charge is 2.16. The molecule has 1 unspecified atom stereocenters. The molecule has 0 bridgehead atoms. The third-order valence-corrected chi connectivity index (χ3v) is 13.7. The summed E-state index contributed by atoms with van der Waals surface area (Å²) in [7, 11) is 0. The molecule has 76 heavy (non-hydrogen) atoms. The van der Waals surface area contributed by atoms with E-state index in [1.807, 2.05) is 0 Å². The van der Waals surface area contributed by atoms with Gasteiger partial charge in [0.05, 0.1) is 6.61 Å². The Morgan fingerprint density at radius 2 is 0.566 bits per heavy atom. The van der Waals surface area contributed by atoms with Crippen LogP contribution in [0.15, 0.2) is 122 Å². The van der Waals surface area contributed by atoms with Crippen LogP contribution in [0.2, 0.25) is 0 Å². The van der Waals surface area contributed by atoms with Gasteiger partial charge < -0.3 is 14.6 Å². The Hall–Kier alpha value is -3.70. The summed E-state index contributed by atoms with van der Waals surface area (Å²) in [5.74, 6) is -0.593. The molecule has 0 fully saturated rings. The van der Waals surface area contributed by atoms with Gasteiger partial charge in [-0.05, 0) is 109 Å². The summed E-state index contributed by atoms with van der Waals surface area (Å²) in [6, 6.07) is 0. The van der Waals surface area contributed by atoms with Crippen LogP contribution < -0.4 is 0 Å². The minimum atomic E-state index is -0.783. The van der Waals surface area contributed by atoms with Crippen molar-refractivity contribution < 1.29 is 24.2 Å². The maximum atomic E-state index is 12.3. The van der Waals surface area contributed by atoms with Crippen LogP contribution in [-0.2, 0) is 19.1 Å². The fraction of sp³-hybridized carbons (Fsp3) is 0.690. The van der Waals surface area contributed by atoms with Gasteiger partial charge in [0, 0.05) is 12.8 Å². The lowest BCUT2D eigenvalue weighted by Crippen LogP contribution is -2.28. The Bertz CT molecular complexity index is 1520. The number of hydrogen-bond donors (Lipinski definition) is 1. The molecule has 0 saturated heterocycles. The molecule has 0 aromatic rings. The topological polar surface area (TPSA) is 72.8 Å². The van der Waals surface area contributed by atoms with Crippen molar-refractivity contribution in [2.45, 2.75) is 302 Å². The second-order valence-corrected chi connectivity index (χ2v) is 21.1. The van der Waals surface area contributed by atoms with Crippen LogP contribution in [-0.4, -0.2) is 36.4 Å². The second-order valence-electron chi connectivity index (χ2n) is 21.1. The molecule has 0 amide bonds. The highest BCUT2D eigenvalue weighted by Crippen LogP contribution is 2.16. The second kappa shape index (κ2) is 65.6. The van der Waals surface area contributed by atoms with E-state index in [-0.39, 0.29) is 25.2 Å². The van der Waals surface area contributed by atoms with E-state index in [9.17, 15) is 14.7 Å². The summed E-state index contributed by atoms with van der Waals surface area (Å²) in [5, 5.41) is 9.69. The third-order valence-electron chi connectivity index (χ3n) is 13.7. The van der Waals surface area contributed by atoms with Gasteiger partial charge in [-0.15, -0.1) is 0 Å². The van der Waals surface area contributed by atoms with Gasteiger partial charge in [-0.1, -0.05) is 296 Å². The molecule has 1 atom stereocenters. The van der Waals surface area contributed by atoms with E-state index in [0.29, 0.717) is 12.8 Å². The van der Waals surface area contributed by atoms with Gasteiger partial charge in [0.15, 0.2) is 6.10 Å². The Balaban J connectivity index is 3.53. The molecule has 0 spiro atoms. The number of aliphatic hydroxyl groups is 1. The van der Waals surface area contributed by atoms with Crippen LogP contribution >= 0.6 is 0 Å². The normalized spacial score (nSPS) is 13.0. The Morgan fingerprint density at radius 1 is 0.316 bits per heavy atom. The van der Waals surface area contributed by atoms with E-state index in [0.717, 1.165) is 96.3 Å². The molecule has 0 aliphatic heterocycles. The van der Waals surface area contributed by atoms with Gasteiger partial charge in [0.25, 0.3) is 0 Å². The largest absolute Gasteiger partial charge is 0.462 e. The number of ether oxygens (including phenoxy) is 2. The molecule has 5 nitrogen and oxygen atoms in total. The van der Waals surface area contributed by atoms with E-state index in [4.69, 9.17) is 9.47 Å². The van der Waals surface area contributed by atoms with Crippen molar-refractivity contribution in [1.82, 2.24) is 0 Å². The maximum absolute atomic E-state index is 12.3. The molecule has 5 heteroatoms. The van der Waals surface area contributed by atoms with Crippen LogP contribution in [0.1, 0.15) is 296 Å². The molecule has 1 N–H and O–H groups in total. The number of carbonyl (C=O) groups is 2. The van der Waals surface area contributed by atoms with Crippen LogP contribution in [0.5, 0.6) is 0 Å². The predicted molar refractivity (Wildman–Crippen MR) is 334 cm³/mol. The third kappa shape index (κ3) is 62.8. The van der Waals surface area contributed by atoms with Gasteiger partial charge >= 0.3 is 11.9 Å². The molecule has 0 aliphatic carbocycles. The van der Waals surface area contributed by atoms with Crippen molar-refractivity contribution in [3.05, 3.63) is 122 Å². The van der Waals surface area contributed by atoms with Gasteiger partial charge in [-0.3, -0.25) is 9.59 Å². The number of rotatable bonds is 58. The zero-order valence-electron chi connectivity index (χ0n) is 49.7. The highest BCUT2D eigenvalue weighted by molar-refractivity contribution is 5.70. The Kier molecular flexibility index (Phi) is 62.4. The zero-order valence-corrected chi connectivity index (χ0v) is 49.7. The monoisotopic (exact) mass is 1050 g/mol. The van der Waals surface area contributed by atoms with E-state index < -0.39 is 6.10 Å². The summed E-state index contributed by atoms with van der Waals surface area (Å²) >= 11 is 0. The molecule has 0 saturated carbocycles. The number of hydrogen-bond acceptors (Lipinski definition) is 5. The predicted octanol–water partition coefficient (Wildman–Crippen LogP) is 22.2. The van der Waals surface area contributed by atoms with Crippen LogP contribution in [0.25, 0.3) is 0 Å². The van der Waals surface area contributed by atoms with Crippen molar-refractivity contribution >= 4 is 11.9 Å². The Labute approximate surface area is 471 Å². The first-order valence-corrected chi connectivity index (χ1v) is 32.1. The summed E-state index contributed by atoms with van der Waals surface area (Å²) in [6.07, 6.45) is 96.2. The quantitative estimate of drug-likeness (QED) is 0.0373. The van der Waals surface area contributed by atoms with Crippen molar-refractivity contribution in [1.29, 1.82) is 0 Å². The van der Waals surface area contributed by atoms with Gasteiger partial charge in [-0.2, -0.15) is 0 Å². The molecular formula is C71H120O5. The summed E-state index contributed by atoms with van der Waals surface area (Å²) < 4.78 is 10.7. The van der Waals surface area contributed by atoms with Crippen molar-refractivity contribution in [2.75, 3.05) is 13.2 Å². The summed E-state index contributed by atoms with van der Waals surface area (Å²) in [4.78, 5) is 24.6. The molecule has 434 valence electrons. The minimum absolute atomic E-state index is 0.0716. The fourth-order valence-corrected chi connectivity index (χ4v) is 8.96. The number of esters is 2. The average Bonchev–Trinajstić information content (AvgIpc) is 3.42. The smallest absolute Gasteiger partial charge is 0.306 e. The van der Waals surface area contributed by atoms with Crippen LogP contribution in [0, 0.1) is 0 Å². The lowest BCUT2D eigenvalue weighted by molar-refractivity contribution is -0.161. The number of allylic oxidation sites excluding steroid dienone is 20. The SMILES string of the molecule is CC/C=C\C/C=C\C/C=C\C/C=C\C/C=C\C/C=C\C/C=C\C/C=C\CCCCCCCCCCCCC(=O)OC(CO)COC(=O)CCCCCCCCCCCCCCCCC/C=C\C/C=C\CCCCCCC.